The maximum atomic E-state index is 14.0. The van der Waals surface area contributed by atoms with Gasteiger partial charge in [-0.25, -0.2) is 8.78 Å². The van der Waals surface area contributed by atoms with Crippen molar-refractivity contribution in [2.75, 3.05) is 26.4 Å². The summed E-state index contributed by atoms with van der Waals surface area (Å²) < 4.78 is 27.9. The number of nitrogens with one attached hydrogen (secondary N) is 1. The Kier molecular flexibility index (Phi) is 6.43. The second kappa shape index (κ2) is 7.38. The van der Waals surface area contributed by atoms with Gasteiger partial charge < -0.3 is 10.2 Å². The zero-order valence-electron chi connectivity index (χ0n) is 12.9. The van der Waals surface area contributed by atoms with Crippen molar-refractivity contribution in [3.05, 3.63) is 29.3 Å². The molecule has 1 N–H and O–H groups in total. The van der Waals surface area contributed by atoms with Crippen LogP contribution in [0, 0.1) is 11.6 Å². The third kappa shape index (κ3) is 6.20. The molecule has 20 heavy (non-hydrogen) atoms. The Hall–Kier alpha value is -0.650. The minimum Gasteiger partial charge on any atom is -0.309 e. The summed E-state index contributed by atoms with van der Waals surface area (Å²) in [6, 6.07) is 2.83. The van der Waals surface area contributed by atoms with Gasteiger partial charge in [-0.2, -0.15) is 0 Å². The Bertz CT molecular complexity index is 419. The Morgan fingerprint density at radius 1 is 1.15 bits per heavy atom. The van der Waals surface area contributed by atoms with E-state index in [2.05, 4.69) is 5.32 Å². The molecule has 0 radical (unpaired) electrons. The standard InChI is InChI=1S/C15H24F2N2S/c1-15(2,3)18-10-11-8-12(16)14(13(17)9-11)20-7-6-19(4)5/h8-9,18H,6-7,10H2,1-5H3. The van der Waals surface area contributed by atoms with Gasteiger partial charge in [-0.1, -0.05) is 0 Å². The van der Waals surface area contributed by atoms with Crippen molar-refractivity contribution in [2.45, 2.75) is 37.8 Å². The van der Waals surface area contributed by atoms with E-state index in [1.165, 1.54) is 23.9 Å². The van der Waals surface area contributed by atoms with Crippen LogP contribution in [0.3, 0.4) is 0 Å². The average Bonchev–Trinajstić information content (AvgIpc) is 2.29. The topological polar surface area (TPSA) is 15.3 Å². The Balaban J connectivity index is 2.71. The summed E-state index contributed by atoms with van der Waals surface area (Å²) in [7, 11) is 3.88. The normalized spacial score (nSPS) is 12.2. The number of hydrogen-bond donors (Lipinski definition) is 1. The zero-order chi connectivity index (χ0) is 15.3. The van der Waals surface area contributed by atoms with Crippen LogP contribution in [-0.2, 0) is 6.54 Å². The lowest BCUT2D eigenvalue weighted by Gasteiger charge is -2.20. The lowest BCUT2D eigenvalue weighted by molar-refractivity contribution is 0.422. The molecule has 2 nitrogen and oxygen atoms in total. The molecule has 114 valence electrons. The Labute approximate surface area is 124 Å². The van der Waals surface area contributed by atoms with Crippen LogP contribution in [0.25, 0.3) is 0 Å². The van der Waals surface area contributed by atoms with E-state index >= 15 is 0 Å². The van der Waals surface area contributed by atoms with Crippen LogP contribution in [0.15, 0.2) is 17.0 Å². The van der Waals surface area contributed by atoms with Crippen molar-refractivity contribution in [1.82, 2.24) is 10.2 Å². The van der Waals surface area contributed by atoms with Gasteiger partial charge in [0.15, 0.2) is 0 Å². The number of thioether (sulfide) groups is 1. The quantitative estimate of drug-likeness (QED) is 0.810. The van der Waals surface area contributed by atoms with Crippen molar-refractivity contribution in [1.29, 1.82) is 0 Å². The summed E-state index contributed by atoms with van der Waals surface area (Å²) in [5, 5.41) is 3.22. The van der Waals surface area contributed by atoms with Gasteiger partial charge >= 0.3 is 0 Å². The fourth-order valence-electron chi connectivity index (χ4n) is 1.55. The molecule has 0 unspecified atom stereocenters. The van der Waals surface area contributed by atoms with Gasteiger partial charge in [0.25, 0.3) is 0 Å². The molecule has 1 rings (SSSR count). The first-order valence-corrected chi connectivity index (χ1v) is 7.68. The number of rotatable bonds is 6. The van der Waals surface area contributed by atoms with Crippen molar-refractivity contribution < 1.29 is 8.78 Å². The fourth-order valence-corrected chi connectivity index (χ4v) is 2.60. The van der Waals surface area contributed by atoms with E-state index in [-0.39, 0.29) is 10.4 Å². The molecule has 0 aliphatic carbocycles. The summed E-state index contributed by atoms with van der Waals surface area (Å²) in [6.45, 7) is 7.30. The smallest absolute Gasteiger partial charge is 0.140 e. The van der Waals surface area contributed by atoms with Crippen molar-refractivity contribution in [2.24, 2.45) is 0 Å². The summed E-state index contributed by atoms with van der Waals surface area (Å²) in [6.07, 6.45) is 0. The van der Waals surface area contributed by atoms with E-state index in [0.717, 1.165) is 6.54 Å². The zero-order valence-corrected chi connectivity index (χ0v) is 13.7. The van der Waals surface area contributed by atoms with Gasteiger partial charge in [0, 0.05) is 24.4 Å². The lowest BCUT2D eigenvalue weighted by Crippen LogP contribution is -2.35. The maximum absolute atomic E-state index is 14.0. The van der Waals surface area contributed by atoms with E-state index in [4.69, 9.17) is 0 Å². The number of hydrogen-bond acceptors (Lipinski definition) is 3. The minimum atomic E-state index is -0.473. The van der Waals surface area contributed by atoms with Gasteiger partial charge in [-0.05, 0) is 52.6 Å². The third-order valence-corrected chi connectivity index (χ3v) is 3.73. The van der Waals surface area contributed by atoms with Crippen LogP contribution in [0.1, 0.15) is 26.3 Å². The van der Waals surface area contributed by atoms with Crippen LogP contribution in [-0.4, -0.2) is 36.8 Å². The molecule has 1 aromatic rings. The van der Waals surface area contributed by atoms with Crippen LogP contribution in [0.4, 0.5) is 8.78 Å². The van der Waals surface area contributed by atoms with Gasteiger partial charge in [0.05, 0.1) is 4.90 Å². The first-order valence-electron chi connectivity index (χ1n) is 6.69. The summed E-state index contributed by atoms with van der Waals surface area (Å²) >= 11 is 1.22. The molecule has 0 bridgehead atoms. The Morgan fingerprint density at radius 3 is 2.15 bits per heavy atom. The van der Waals surface area contributed by atoms with Gasteiger partial charge in [-0.3, -0.25) is 0 Å². The van der Waals surface area contributed by atoms with Crippen LogP contribution in [0.5, 0.6) is 0 Å². The predicted molar refractivity (Wildman–Crippen MR) is 82.2 cm³/mol. The monoisotopic (exact) mass is 302 g/mol. The van der Waals surface area contributed by atoms with Crippen LogP contribution < -0.4 is 5.32 Å². The maximum Gasteiger partial charge on any atom is 0.140 e. The molecule has 0 amide bonds. The van der Waals surface area contributed by atoms with Crippen LogP contribution in [0.2, 0.25) is 0 Å². The van der Waals surface area contributed by atoms with Crippen LogP contribution >= 0.6 is 11.8 Å². The third-order valence-electron chi connectivity index (χ3n) is 2.67. The Morgan fingerprint density at radius 2 is 1.70 bits per heavy atom. The number of nitrogens with zero attached hydrogens (tertiary/aromatic N) is 1. The molecule has 0 aromatic heterocycles. The largest absolute Gasteiger partial charge is 0.309 e. The fraction of sp³-hybridized carbons (Fsp3) is 0.600. The first-order chi connectivity index (χ1) is 9.19. The summed E-state index contributed by atoms with van der Waals surface area (Å²) in [4.78, 5) is 2.11. The summed E-state index contributed by atoms with van der Waals surface area (Å²) in [5.74, 6) is -0.278. The molecule has 0 heterocycles. The molecule has 1 aromatic carbocycles. The second-order valence-corrected chi connectivity index (χ2v) is 7.25. The SMILES string of the molecule is CN(C)CCSc1c(F)cc(CNC(C)(C)C)cc1F. The molecule has 0 saturated heterocycles. The van der Waals surface area contributed by atoms with Crippen molar-refractivity contribution in [3.63, 3.8) is 0 Å². The molecule has 0 saturated carbocycles. The summed E-state index contributed by atoms with van der Waals surface area (Å²) in [5.41, 5.74) is 0.554. The predicted octanol–water partition coefficient (Wildman–Crippen LogP) is 3.51. The average molecular weight is 302 g/mol. The lowest BCUT2D eigenvalue weighted by atomic mass is 10.1. The molecule has 0 atom stereocenters. The van der Waals surface area contributed by atoms with Crippen molar-refractivity contribution in [3.8, 4) is 0 Å². The van der Waals surface area contributed by atoms with E-state index in [0.29, 0.717) is 17.9 Å². The molecule has 0 spiro atoms. The molecule has 0 fully saturated rings. The van der Waals surface area contributed by atoms with Gasteiger partial charge in [-0.15, -0.1) is 11.8 Å². The van der Waals surface area contributed by atoms with Gasteiger partial charge in [0.2, 0.25) is 0 Å². The minimum absolute atomic E-state index is 0.0773. The van der Waals surface area contributed by atoms with Crippen molar-refractivity contribution >= 4 is 11.8 Å². The van der Waals surface area contributed by atoms with E-state index < -0.39 is 11.6 Å². The molecular weight excluding hydrogens is 278 g/mol. The highest BCUT2D eigenvalue weighted by Gasteiger charge is 2.14. The molecule has 5 heteroatoms. The highest BCUT2D eigenvalue weighted by molar-refractivity contribution is 7.99. The highest BCUT2D eigenvalue weighted by atomic mass is 32.2. The van der Waals surface area contributed by atoms with Gasteiger partial charge in [0.1, 0.15) is 11.6 Å². The van der Waals surface area contributed by atoms with E-state index in [1.807, 2.05) is 39.8 Å². The number of benzene rings is 1. The first kappa shape index (κ1) is 17.4. The molecule has 0 aliphatic heterocycles. The van der Waals surface area contributed by atoms with E-state index in [1.54, 1.807) is 0 Å². The molecular formula is C15H24F2N2S. The number of halogens is 2. The second-order valence-electron chi connectivity index (χ2n) is 6.14. The van der Waals surface area contributed by atoms with E-state index in [9.17, 15) is 8.78 Å². The molecule has 0 aliphatic rings. The highest BCUT2D eigenvalue weighted by Crippen LogP contribution is 2.26.